The third-order valence-corrected chi connectivity index (χ3v) is 4.68. The first-order chi connectivity index (χ1) is 9.33. The Kier molecular flexibility index (Phi) is 16.7. The van der Waals surface area contributed by atoms with Gasteiger partial charge in [0.2, 0.25) is 0 Å². The summed E-state index contributed by atoms with van der Waals surface area (Å²) in [5.74, 6) is 1.61. The van der Waals surface area contributed by atoms with E-state index in [9.17, 15) is 8.42 Å². The second-order valence-electron chi connectivity index (χ2n) is 6.57. The van der Waals surface area contributed by atoms with Crippen molar-refractivity contribution in [2.24, 2.45) is 11.8 Å². The normalized spacial score (nSPS) is 11.9. The van der Waals surface area contributed by atoms with E-state index in [0.717, 1.165) is 44.4 Å². The zero-order valence-electron chi connectivity index (χ0n) is 14.9. The van der Waals surface area contributed by atoms with Crippen LogP contribution in [0.4, 0.5) is 0 Å². The molecule has 1 radical (unpaired) electrons. The molecule has 123 valence electrons. The summed E-state index contributed by atoms with van der Waals surface area (Å²) in [7, 11) is -3.29. The Morgan fingerprint density at radius 3 is 1.71 bits per heavy atom. The molecule has 0 aromatic rings. The van der Waals surface area contributed by atoms with Gasteiger partial charge in [0.15, 0.2) is 0 Å². The molecule has 3 nitrogen and oxygen atoms in total. The predicted octanol–water partition coefficient (Wildman–Crippen LogP) is 4.38. The van der Waals surface area contributed by atoms with Gasteiger partial charge in [-0.2, -0.15) is 8.42 Å². The number of hydrogen-bond acceptors (Lipinski definition) is 3. The third-order valence-electron chi connectivity index (χ3n) is 3.36. The molecule has 0 saturated carbocycles. The average Bonchev–Trinajstić information content (AvgIpc) is 2.32. The Labute approximate surface area is 155 Å². The molecule has 0 aliphatic heterocycles. The molecule has 0 aliphatic rings. The van der Waals surface area contributed by atoms with Crippen LogP contribution < -0.4 is 0 Å². The van der Waals surface area contributed by atoms with Crippen LogP contribution in [0.2, 0.25) is 0 Å². The maximum absolute atomic E-state index is 11.6. The molecule has 0 amide bonds. The molecule has 0 bridgehead atoms. The minimum atomic E-state index is -3.29. The minimum Gasteiger partial charge on any atom is -0.270 e. The zero-order valence-corrected chi connectivity index (χ0v) is 17.7. The van der Waals surface area contributed by atoms with Gasteiger partial charge in [0.25, 0.3) is 10.1 Å². The van der Waals surface area contributed by atoms with Crippen LogP contribution in [0.3, 0.4) is 0 Å². The largest absolute Gasteiger partial charge is 0.270 e. The third kappa shape index (κ3) is 18.9. The molecule has 0 aromatic carbocycles. The SMILES string of the molecule is CC(C)CCCCCOS(=O)(=O)CCCCCC(C)C.[Na]. The standard InChI is InChI=1S/C16H34O3S.Na/c1-15(2)11-7-5-9-13-19-20(17,18)14-10-6-8-12-16(3)4;/h15-16H,5-14H2,1-4H3;. The smallest absolute Gasteiger partial charge is 0.267 e. The summed E-state index contributed by atoms with van der Waals surface area (Å²) in [6.45, 7) is 9.16. The van der Waals surface area contributed by atoms with Crippen LogP contribution in [-0.4, -0.2) is 50.3 Å². The molecule has 0 saturated heterocycles. The first-order valence-electron chi connectivity index (χ1n) is 8.20. The molecule has 0 spiro atoms. The second kappa shape index (κ2) is 14.5. The Hall–Kier alpha value is 0.910. The van der Waals surface area contributed by atoms with Gasteiger partial charge in [-0.3, -0.25) is 4.18 Å². The average molecular weight is 330 g/mol. The summed E-state index contributed by atoms with van der Waals surface area (Å²) >= 11 is 0. The first-order valence-corrected chi connectivity index (χ1v) is 9.78. The predicted molar refractivity (Wildman–Crippen MR) is 92.1 cm³/mol. The maximum Gasteiger partial charge on any atom is 0.267 e. The Morgan fingerprint density at radius 2 is 1.24 bits per heavy atom. The fourth-order valence-electron chi connectivity index (χ4n) is 2.08. The molecule has 5 heteroatoms. The van der Waals surface area contributed by atoms with Gasteiger partial charge >= 0.3 is 0 Å². The van der Waals surface area contributed by atoms with Crippen molar-refractivity contribution >= 4 is 39.7 Å². The van der Waals surface area contributed by atoms with Crippen molar-refractivity contribution in [2.75, 3.05) is 12.4 Å². The summed E-state index contributed by atoms with van der Waals surface area (Å²) < 4.78 is 28.3. The van der Waals surface area contributed by atoms with Crippen molar-refractivity contribution in [3.8, 4) is 0 Å². The van der Waals surface area contributed by atoms with Crippen molar-refractivity contribution < 1.29 is 12.6 Å². The minimum absolute atomic E-state index is 0. The molecule has 0 N–H and O–H groups in total. The Morgan fingerprint density at radius 1 is 0.762 bits per heavy atom. The van der Waals surface area contributed by atoms with E-state index in [4.69, 9.17) is 4.18 Å². The van der Waals surface area contributed by atoms with E-state index >= 15 is 0 Å². The van der Waals surface area contributed by atoms with Gasteiger partial charge in [0.05, 0.1) is 12.4 Å². The van der Waals surface area contributed by atoms with E-state index in [1.165, 1.54) is 12.8 Å². The monoisotopic (exact) mass is 329 g/mol. The number of rotatable bonds is 13. The van der Waals surface area contributed by atoms with Crippen molar-refractivity contribution in [2.45, 2.75) is 79.1 Å². The molecule has 0 aliphatic carbocycles. The van der Waals surface area contributed by atoms with Crippen molar-refractivity contribution in [1.29, 1.82) is 0 Å². The Bertz CT molecular complexity index is 313. The van der Waals surface area contributed by atoms with Crippen LogP contribution >= 0.6 is 0 Å². The molecule has 0 heterocycles. The fraction of sp³-hybridized carbons (Fsp3) is 1.00. The van der Waals surface area contributed by atoms with Crippen LogP contribution in [-0.2, 0) is 14.3 Å². The van der Waals surface area contributed by atoms with Gasteiger partial charge in [-0.15, -0.1) is 0 Å². The first kappa shape index (κ1) is 24.2. The van der Waals surface area contributed by atoms with E-state index in [1.54, 1.807) is 0 Å². The van der Waals surface area contributed by atoms with Crippen molar-refractivity contribution in [1.82, 2.24) is 0 Å². The number of hydrogen-bond donors (Lipinski definition) is 0. The topological polar surface area (TPSA) is 43.4 Å². The van der Waals surface area contributed by atoms with Crippen LogP contribution in [0.25, 0.3) is 0 Å². The molecular weight excluding hydrogens is 295 g/mol. The van der Waals surface area contributed by atoms with Crippen molar-refractivity contribution in [3.05, 3.63) is 0 Å². The van der Waals surface area contributed by atoms with E-state index < -0.39 is 10.1 Å². The summed E-state index contributed by atoms with van der Waals surface area (Å²) in [5.41, 5.74) is 0. The van der Waals surface area contributed by atoms with E-state index in [2.05, 4.69) is 27.7 Å². The second-order valence-corrected chi connectivity index (χ2v) is 8.33. The summed E-state index contributed by atoms with van der Waals surface area (Å²) in [5, 5.41) is 0. The van der Waals surface area contributed by atoms with E-state index in [0.29, 0.717) is 12.5 Å². The maximum atomic E-state index is 11.6. The Balaban J connectivity index is 0. The quantitative estimate of drug-likeness (QED) is 0.286. The molecule has 0 atom stereocenters. The molecule has 0 fully saturated rings. The number of unbranched alkanes of at least 4 members (excludes halogenated alkanes) is 4. The molecule has 0 unspecified atom stereocenters. The van der Waals surface area contributed by atoms with Gasteiger partial charge in [0, 0.05) is 29.6 Å². The van der Waals surface area contributed by atoms with E-state index in [1.807, 2.05) is 0 Å². The summed E-state index contributed by atoms with van der Waals surface area (Å²) in [4.78, 5) is 0. The van der Waals surface area contributed by atoms with Crippen LogP contribution in [0.5, 0.6) is 0 Å². The van der Waals surface area contributed by atoms with Crippen LogP contribution in [0.1, 0.15) is 79.1 Å². The van der Waals surface area contributed by atoms with Gasteiger partial charge in [-0.05, 0) is 24.7 Å². The van der Waals surface area contributed by atoms with Crippen molar-refractivity contribution in [3.63, 3.8) is 0 Å². The summed E-state index contributed by atoms with van der Waals surface area (Å²) in [6, 6.07) is 0. The molecule has 0 aromatic heterocycles. The van der Waals surface area contributed by atoms with Gasteiger partial charge in [0.1, 0.15) is 0 Å². The molecule has 21 heavy (non-hydrogen) atoms. The van der Waals surface area contributed by atoms with Gasteiger partial charge < -0.3 is 0 Å². The fourth-order valence-corrected chi connectivity index (χ4v) is 3.13. The van der Waals surface area contributed by atoms with Gasteiger partial charge in [-0.25, -0.2) is 0 Å². The van der Waals surface area contributed by atoms with Crippen LogP contribution in [0, 0.1) is 11.8 Å². The summed E-state index contributed by atoms with van der Waals surface area (Å²) in [6.07, 6.45) is 8.27. The molecule has 0 rings (SSSR count). The molecular formula is C16H34NaO3S. The van der Waals surface area contributed by atoms with E-state index in [-0.39, 0.29) is 35.3 Å². The van der Waals surface area contributed by atoms with Gasteiger partial charge in [-0.1, -0.05) is 66.2 Å². The zero-order chi connectivity index (χ0) is 15.4. The van der Waals surface area contributed by atoms with Crippen LogP contribution in [0.15, 0.2) is 0 Å².